The predicted molar refractivity (Wildman–Crippen MR) is 103 cm³/mol. The zero-order valence-corrected chi connectivity index (χ0v) is 15.3. The maximum Gasteiger partial charge on any atom is 0.247 e. The SMILES string of the molecule is O=C1CN(c2ccc(NC(C(=O)NC3CC3)c3ccc(F)cc3)cn2)CCN1. The number of rotatable bonds is 6. The Hall–Kier alpha value is -3.16. The van der Waals surface area contributed by atoms with Crippen LogP contribution in [0.5, 0.6) is 0 Å². The van der Waals surface area contributed by atoms with Crippen LogP contribution in [0, 0.1) is 5.82 Å². The van der Waals surface area contributed by atoms with Gasteiger partial charge in [0.25, 0.3) is 0 Å². The first-order valence-electron chi connectivity index (χ1n) is 9.38. The second-order valence-corrected chi connectivity index (χ2v) is 7.09. The number of hydrogen-bond donors (Lipinski definition) is 3. The van der Waals surface area contributed by atoms with Crippen molar-refractivity contribution in [2.75, 3.05) is 29.9 Å². The van der Waals surface area contributed by atoms with E-state index in [2.05, 4.69) is 20.9 Å². The minimum absolute atomic E-state index is 0.0247. The van der Waals surface area contributed by atoms with Crippen LogP contribution >= 0.6 is 0 Å². The molecule has 1 unspecified atom stereocenters. The number of halogens is 1. The normalized spacial score (nSPS) is 17.6. The van der Waals surface area contributed by atoms with Crippen molar-refractivity contribution in [2.24, 2.45) is 0 Å². The zero-order chi connectivity index (χ0) is 19.5. The molecule has 1 saturated carbocycles. The Bertz CT molecular complexity index is 852. The summed E-state index contributed by atoms with van der Waals surface area (Å²) in [5.41, 5.74) is 1.35. The molecule has 4 rings (SSSR count). The van der Waals surface area contributed by atoms with E-state index in [9.17, 15) is 14.0 Å². The molecule has 2 heterocycles. The highest BCUT2D eigenvalue weighted by Crippen LogP contribution is 2.25. The van der Waals surface area contributed by atoms with Crippen LogP contribution in [0.15, 0.2) is 42.6 Å². The molecule has 146 valence electrons. The lowest BCUT2D eigenvalue weighted by Crippen LogP contribution is -2.48. The molecule has 0 bridgehead atoms. The monoisotopic (exact) mass is 383 g/mol. The quantitative estimate of drug-likeness (QED) is 0.705. The molecule has 2 amide bonds. The van der Waals surface area contributed by atoms with Gasteiger partial charge < -0.3 is 20.9 Å². The van der Waals surface area contributed by atoms with Gasteiger partial charge in [0.2, 0.25) is 11.8 Å². The summed E-state index contributed by atoms with van der Waals surface area (Å²) in [7, 11) is 0. The van der Waals surface area contributed by atoms with E-state index in [0.29, 0.717) is 30.2 Å². The van der Waals surface area contributed by atoms with E-state index in [1.54, 1.807) is 18.3 Å². The van der Waals surface area contributed by atoms with Crippen molar-refractivity contribution >= 4 is 23.3 Å². The van der Waals surface area contributed by atoms with E-state index in [-0.39, 0.29) is 30.2 Å². The molecule has 1 aliphatic heterocycles. The average Bonchev–Trinajstić information content (AvgIpc) is 3.51. The van der Waals surface area contributed by atoms with Gasteiger partial charge in [-0.25, -0.2) is 9.37 Å². The third kappa shape index (κ3) is 4.39. The molecule has 0 radical (unpaired) electrons. The molecule has 1 aromatic heterocycles. The summed E-state index contributed by atoms with van der Waals surface area (Å²) < 4.78 is 13.3. The van der Waals surface area contributed by atoms with E-state index in [4.69, 9.17) is 0 Å². The van der Waals surface area contributed by atoms with Crippen LogP contribution in [-0.4, -0.2) is 42.5 Å². The number of pyridine rings is 1. The fourth-order valence-corrected chi connectivity index (χ4v) is 3.13. The van der Waals surface area contributed by atoms with Crippen molar-refractivity contribution in [3.63, 3.8) is 0 Å². The number of amides is 2. The smallest absolute Gasteiger partial charge is 0.247 e. The lowest BCUT2D eigenvalue weighted by molar-refractivity contribution is -0.122. The van der Waals surface area contributed by atoms with Gasteiger partial charge in [0.1, 0.15) is 17.7 Å². The van der Waals surface area contributed by atoms with Crippen LogP contribution in [-0.2, 0) is 9.59 Å². The van der Waals surface area contributed by atoms with E-state index in [1.807, 2.05) is 17.0 Å². The van der Waals surface area contributed by atoms with Crippen LogP contribution in [0.4, 0.5) is 15.9 Å². The van der Waals surface area contributed by atoms with E-state index < -0.39 is 6.04 Å². The summed E-state index contributed by atoms with van der Waals surface area (Å²) >= 11 is 0. The van der Waals surface area contributed by atoms with Gasteiger partial charge in [0.15, 0.2) is 0 Å². The number of nitrogens with one attached hydrogen (secondary N) is 3. The zero-order valence-electron chi connectivity index (χ0n) is 15.3. The van der Waals surface area contributed by atoms with E-state index in [0.717, 1.165) is 12.8 Å². The first-order chi connectivity index (χ1) is 13.6. The van der Waals surface area contributed by atoms with Gasteiger partial charge in [0.05, 0.1) is 18.4 Å². The highest BCUT2D eigenvalue weighted by atomic mass is 19.1. The van der Waals surface area contributed by atoms with Crippen LogP contribution in [0.25, 0.3) is 0 Å². The highest BCUT2D eigenvalue weighted by Gasteiger charge is 2.28. The summed E-state index contributed by atoms with van der Waals surface area (Å²) in [6, 6.07) is 9.13. The molecule has 1 aromatic carbocycles. The van der Waals surface area contributed by atoms with Crippen LogP contribution in [0.3, 0.4) is 0 Å². The Morgan fingerprint density at radius 2 is 2.00 bits per heavy atom. The third-order valence-electron chi connectivity index (χ3n) is 4.81. The van der Waals surface area contributed by atoms with Crippen LogP contribution < -0.4 is 20.9 Å². The number of anilines is 2. The summed E-state index contributed by atoms with van der Waals surface area (Å²) in [6.45, 7) is 1.57. The molecule has 1 atom stereocenters. The predicted octanol–water partition coefficient (Wildman–Crippen LogP) is 1.59. The molecule has 2 aliphatic rings. The third-order valence-corrected chi connectivity index (χ3v) is 4.81. The van der Waals surface area contributed by atoms with Gasteiger partial charge in [-0.05, 0) is 42.7 Å². The number of piperazine rings is 1. The topological polar surface area (TPSA) is 86.4 Å². The lowest BCUT2D eigenvalue weighted by atomic mass is 10.1. The molecule has 8 heteroatoms. The Morgan fingerprint density at radius 1 is 1.21 bits per heavy atom. The fourth-order valence-electron chi connectivity index (χ4n) is 3.13. The van der Waals surface area contributed by atoms with Gasteiger partial charge in [0, 0.05) is 19.1 Å². The molecule has 3 N–H and O–H groups in total. The molecule has 1 aliphatic carbocycles. The Morgan fingerprint density at radius 3 is 2.64 bits per heavy atom. The molecule has 2 fully saturated rings. The van der Waals surface area contributed by atoms with Gasteiger partial charge in [-0.3, -0.25) is 9.59 Å². The maximum atomic E-state index is 13.3. The first-order valence-corrected chi connectivity index (χ1v) is 9.38. The fraction of sp³-hybridized carbons (Fsp3) is 0.350. The van der Waals surface area contributed by atoms with Crippen LogP contribution in [0.1, 0.15) is 24.4 Å². The standard InChI is InChI=1S/C20H22FN5O2/c21-14-3-1-13(2-4-14)19(20(28)25-15-5-6-15)24-16-7-8-17(23-11-16)26-10-9-22-18(27)12-26/h1-4,7-8,11,15,19,24H,5-6,9-10,12H2,(H,22,27)(H,25,28). The van der Waals surface area contributed by atoms with Crippen molar-refractivity contribution in [3.05, 3.63) is 54.0 Å². The second-order valence-electron chi connectivity index (χ2n) is 7.09. The molecule has 28 heavy (non-hydrogen) atoms. The minimum atomic E-state index is -0.644. The second kappa shape index (κ2) is 7.84. The summed E-state index contributed by atoms with van der Waals surface area (Å²) in [5, 5.41) is 8.96. The number of carbonyl (C=O) groups excluding carboxylic acids is 2. The molecule has 0 spiro atoms. The van der Waals surface area contributed by atoms with Crippen LogP contribution in [0.2, 0.25) is 0 Å². The number of aromatic nitrogens is 1. The van der Waals surface area contributed by atoms with Gasteiger partial charge in [-0.2, -0.15) is 0 Å². The molecular formula is C20H22FN5O2. The van der Waals surface area contributed by atoms with Crippen molar-refractivity contribution in [1.29, 1.82) is 0 Å². The number of nitrogens with zero attached hydrogens (tertiary/aromatic N) is 2. The minimum Gasteiger partial charge on any atom is -0.369 e. The largest absolute Gasteiger partial charge is 0.369 e. The summed E-state index contributed by atoms with van der Waals surface area (Å²) in [4.78, 5) is 30.6. The first kappa shape index (κ1) is 18.2. The number of hydrogen-bond acceptors (Lipinski definition) is 5. The Labute approximate surface area is 162 Å². The number of benzene rings is 1. The van der Waals surface area contributed by atoms with Gasteiger partial charge >= 0.3 is 0 Å². The molecule has 1 saturated heterocycles. The van der Waals surface area contributed by atoms with Gasteiger partial charge in [-0.15, -0.1) is 0 Å². The summed E-state index contributed by atoms with van der Waals surface area (Å²) in [6.07, 6.45) is 3.62. The average molecular weight is 383 g/mol. The molecule has 7 nitrogen and oxygen atoms in total. The maximum absolute atomic E-state index is 13.3. The van der Waals surface area contributed by atoms with Crippen molar-refractivity contribution in [3.8, 4) is 0 Å². The number of carbonyl (C=O) groups is 2. The van der Waals surface area contributed by atoms with Crippen molar-refractivity contribution in [2.45, 2.75) is 24.9 Å². The Kier molecular flexibility index (Phi) is 5.10. The van der Waals surface area contributed by atoms with E-state index >= 15 is 0 Å². The lowest BCUT2D eigenvalue weighted by Gasteiger charge is -2.27. The van der Waals surface area contributed by atoms with Crippen molar-refractivity contribution in [1.82, 2.24) is 15.6 Å². The van der Waals surface area contributed by atoms with Crippen molar-refractivity contribution < 1.29 is 14.0 Å². The highest BCUT2D eigenvalue weighted by molar-refractivity contribution is 5.86. The summed E-state index contributed by atoms with van der Waals surface area (Å²) in [5.74, 6) is 0.192. The van der Waals surface area contributed by atoms with E-state index in [1.165, 1.54) is 12.1 Å². The van der Waals surface area contributed by atoms with Gasteiger partial charge in [-0.1, -0.05) is 12.1 Å². The Balaban J connectivity index is 1.50. The molecular weight excluding hydrogens is 361 g/mol. The molecule has 2 aromatic rings.